The Morgan fingerprint density at radius 3 is 2.00 bits per heavy atom. The lowest BCUT2D eigenvalue weighted by Gasteiger charge is -2.13. The first-order chi connectivity index (χ1) is 9.01. The summed E-state index contributed by atoms with van der Waals surface area (Å²) in [6.07, 6.45) is 2.67. The molecule has 0 saturated heterocycles. The Kier molecular flexibility index (Phi) is 4.41. The predicted molar refractivity (Wildman–Crippen MR) is 70.2 cm³/mol. The van der Waals surface area contributed by atoms with Crippen molar-refractivity contribution in [2.45, 2.75) is 0 Å². The van der Waals surface area contributed by atoms with Gasteiger partial charge in [0.15, 0.2) is 0 Å². The van der Waals surface area contributed by atoms with E-state index in [2.05, 4.69) is 22.8 Å². The van der Waals surface area contributed by atoms with E-state index in [1.54, 1.807) is 0 Å². The van der Waals surface area contributed by atoms with Crippen LogP contribution in [0.3, 0.4) is 0 Å². The molecule has 0 aliphatic heterocycles. The molecular formula is C12H13N3O4. The largest absolute Gasteiger partial charge is 0.398 e. The molecule has 0 radical (unpaired) electrons. The highest BCUT2D eigenvalue weighted by molar-refractivity contribution is 6.05. The van der Waals surface area contributed by atoms with Crippen molar-refractivity contribution in [1.82, 2.24) is 0 Å². The van der Waals surface area contributed by atoms with Gasteiger partial charge in [-0.15, -0.1) is 0 Å². The second-order valence-electron chi connectivity index (χ2n) is 3.43. The monoisotopic (exact) mass is 263 g/mol. The zero-order chi connectivity index (χ0) is 14.6. The maximum absolute atomic E-state index is 11.6. The molecule has 0 heterocycles. The molecule has 0 bridgehead atoms. The molecule has 0 aromatic heterocycles. The van der Waals surface area contributed by atoms with Crippen LogP contribution in [0, 0.1) is 0 Å². The van der Waals surface area contributed by atoms with Crippen molar-refractivity contribution in [3.63, 3.8) is 0 Å². The normalized spacial score (nSPS) is 9.58. The lowest BCUT2D eigenvalue weighted by atomic mass is 9.94. The predicted octanol–water partition coefficient (Wildman–Crippen LogP) is 0.616. The first kappa shape index (κ1) is 14.4. The van der Waals surface area contributed by atoms with Crippen molar-refractivity contribution in [3.8, 4) is 0 Å². The molecule has 7 heteroatoms. The molecule has 1 aromatic carbocycles. The van der Waals surface area contributed by atoms with Gasteiger partial charge in [-0.05, 0) is 17.2 Å². The van der Waals surface area contributed by atoms with Gasteiger partial charge < -0.3 is 15.4 Å². The summed E-state index contributed by atoms with van der Waals surface area (Å²) in [7, 11) is 0. The summed E-state index contributed by atoms with van der Waals surface area (Å²) < 4.78 is 0. The number of hydrogen-bond acceptors (Lipinski definition) is 7. The van der Waals surface area contributed by atoms with Crippen molar-refractivity contribution >= 4 is 29.8 Å². The second-order valence-corrected chi connectivity index (χ2v) is 3.43. The second kappa shape index (κ2) is 5.80. The lowest BCUT2D eigenvalue weighted by molar-refractivity contribution is 0.0490. The van der Waals surface area contributed by atoms with Gasteiger partial charge in [0.1, 0.15) is 0 Å². The van der Waals surface area contributed by atoms with Crippen molar-refractivity contribution in [1.29, 1.82) is 0 Å². The van der Waals surface area contributed by atoms with E-state index in [1.807, 2.05) is 0 Å². The van der Waals surface area contributed by atoms with Gasteiger partial charge in [0, 0.05) is 5.69 Å². The van der Waals surface area contributed by atoms with Gasteiger partial charge in [0.2, 0.25) is 0 Å². The van der Waals surface area contributed by atoms with Crippen molar-refractivity contribution in [2.75, 3.05) is 5.73 Å². The summed E-state index contributed by atoms with van der Waals surface area (Å²) in [6.45, 7) is 7.10. The molecule has 1 rings (SSSR count). The average molecular weight is 263 g/mol. The standard InChI is InChI=1S/C12H13N3O4/c1-3-6-7(4-2)10(12(17)19-15)9(13)5-8(6)11(16)18-14/h3-5H,1-2,13-15H2. The topological polar surface area (TPSA) is 131 Å². The van der Waals surface area contributed by atoms with E-state index in [0.717, 1.165) is 0 Å². The van der Waals surface area contributed by atoms with Crippen LogP contribution in [0.1, 0.15) is 31.8 Å². The zero-order valence-electron chi connectivity index (χ0n) is 10.0. The highest BCUT2D eigenvalue weighted by Gasteiger charge is 2.23. The van der Waals surface area contributed by atoms with E-state index < -0.39 is 11.9 Å². The van der Waals surface area contributed by atoms with Crippen LogP contribution in [0.25, 0.3) is 12.2 Å². The van der Waals surface area contributed by atoms with Gasteiger partial charge in [-0.3, -0.25) is 0 Å². The van der Waals surface area contributed by atoms with Crippen LogP contribution in [-0.4, -0.2) is 11.9 Å². The van der Waals surface area contributed by atoms with E-state index in [9.17, 15) is 9.59 Å². The molecule has 1 aromatic rings. The molecule has 0 saturated carbocycles. The number of benzene rings is 1. The Morgan fingerprint density at radius 2 is 1.58 bits per heavy atom. The maximum Gasteiger partial charge on any atom is 0.359 e. The van der Waals surface area contributed by atoms with Crippen LogP contribution in [0.2, 0.25) is 0 Å². The van der Waals surface area contributed by atoms with E-state index in [1.165, 1.54) is 18.2 Å². The average Bonchev–Trinajstić information content (AvgIpc) is 2.44. The maximum atomic E-state index is 11.6. The third-order valence-corrected chi connectivity index (χ3v) is 2.48. The smallest absolute Gasteiger partial charge is 0.359 e. The van der Waals surface area contributed by atoms with Gasteiger partial charge in [-0.1, -0.05) is 25.3 Å². The molecule has 100 valence electrons. The number of anilines is 1. The molecule has 0 fully saturated rings. The summed E-state index contributed by atoms with van der Waals surface area (Å²) in [5.41, 5.74) is 6.27. The van der Waals surface area contributed by atoms with Gasteiger partial charge in [0.05, 0.1) is 11.1 Å². The molecule has 0 aliphatic carbocycles. The highest BCUT2D eigenvalue weighted by atomic mass is 16.7. The SMILES string of the molecule is C=Cc1c(C(=O)ON)cc(N)c(C(=O)ON)c1C=C. The van der Waals surface area contributed by atoms with Crippen LogP contribution < -0.4 is 17.5 Å². The molecule has 0 amide bonds. The number of carbonyl (C=O) groups is 2. The Hall–Kier alpha value is -2.64. The summed E-state index contributed by atoms with van der Waals surface area (Å²) >= 11 is 0. The molecule has 6 N–H and O–H groups in total. The van der Waals surface area contributed by atoms with Gasteiger partial charge in [-0.25, -0.2) is 9.59 Å². The van der Waals surface area contributed by atoms with Crippen molar-refractivity contribution in [3.05, 3.63) is 41.5 Å². The fraction of sp³-hybridized carbons (Fsp3) is 0. The van der Waals surface area contributed by atoms with Crippen molar-refractivity contribution in [2.24, 2.45) is 11.8 Å². The molecule has 7 nitrogen and oxygen atoms in total. The summed E-state index contributed by atoms with van der Waals surface area (Å²) in [5.74, 6) is 7.99. The van der Waals surface area contributed by atoms with Crippen LogP contribution in [0.15, 0.2) is 19.2 Å². The number of nitrogens with two attached hydrogens (primary N) is 3. The number of carbonyl (C=O) groups excluding carboxylic acids is 2. The summed E-state index contributed by atoms with van der Waals surface area (Å²) in [5, 5.41) is 0. The summed E-state index contributed by atoms with van der Waals surface area (Å²) in [6, 6.07) is 1.23. The van der Waals surface area contributed by atoms with E-state index in [0.29, 0.717) is 5.56 Å². The van der Waals surface area contributed by atoms with Crippen LogP contribution >= 0.6 is 0 Å². The minimum atomic E-state index is -0.858. The fourth-order valence-corrected chi connectivity index (χ4v) is 1.69. The summed E-state index contributed by atoms with van der Waals surface area (Å²) in [4.78, 5) is 31.4. The first-order valence-electron chi connectivity index (χ1n) is 5.05. The van der Waals surface area contributed by atoms with Crippen LogP contribution in [0.4, 0.5) is 5.69 Å². The third kappa shape index (κ3) is 2.46. The Morgan fingerprint density at radius 1 is 1.05 bits per heavy atom. The van der Waals surface area contributed by atoms with Gasteiger partial charge >= 0.3 is 11.9 Å². The van der Waals surface area contributed by atoms with Gasteiger partial charge in [0.25, 0.3) is 0 Å². The quantitative estimate of drug-likeness (QED) is 0.535. The molecule has 0 unspecified atom stereocenters. The third-order valence-electron chi connectivity index (χ3n) is 2.48. The fourth-order valence-electron chi connectivity index (χ4n) is 1.69. The highest BCUT2D eigenvalue weighted by Crippen LogP contribution is 2.28. The number of hydrogen-bond donors (Lipinski definition) is 3. The van der Waals surface area contributed by atoms with E-state index in [4.69, 9.17) is 17.5 Å². The molecule has 19 heavy (non-hydrogen) atoms. The first-order valence-corrected chi connectivity index (χ1v) is 5.05. The van der Waals surface area contributed by atoms with Crippen molar-refractivity contribution < 1.29 is 19.3 Å². The Balaban J connectivity index is 3.73. The Bertz CT molecular complexity index is 567. The van der Waals surface area contributed by atoms with E-state index in [-0.39, 0.29) is 22.4 Å². The molecule has 0 spiro atoms. The molecule has 0 atom stereocenters. The number of rotatable bonds is 4. The minimum absolute atomic E-state index is 0.0130. The number of nitrogen functional groups attached to an aromatic ring is 1. The molecule has 0 aliphatic rings. The Labute approximate surface area is 109 Å². The molecular weight excluding hydrogens is 250 g/mol. The van der Waals surface area contributed by atoms with Crippen LogP contribution in [0.5, 0.6) is 0 Å². The van der Waals surface area contributed by atoms with E-state index >= 15 is 0 Å². The van der Waals surface area contributed by atoms with Crippen LogP contribution in [-0.2, 0) is 9.68 Å². The zero-order valence-corrected chi connectivity index (χ0v) is 10.0. The minimum Gasteiger partial charge on any atom is -0.398 e. The van der Waals surface area contributed by atoms with Gasteiger partial charge in [-0.2, -0.15) is 11.8 Å². The lowest BCUT2D eigenvalue weighted by Crippen LogP contribution is -2.18.